The Balaban J connectivity index is 1.64. The number of nitrogens with zero attached hydrogens (tertiary/aromatic N) is 1. The predicted molar refractivity (Wildman–Crippen MR) is 107 cm³/mol. The Kier molecular flexibility index (Phi) is 6.33. The number of rotatable bonds is 5. The summed E-state index contributed by atoms with van der Waals surface area (Å²) < 4.78 is 4.87. The van der Waals surface area contributed by atoms with E-state index in [1.165, 1.54) is 12.5 Å². The SMILES string of the molecule is CC(C)C(=O)N1CCCc2ccc(NC(=O)C(=O)NC[C@@H](O)c3ccoc3)cc21. The van der Waals surface area contributed by atoms with Crippen molar-refractivity contribution in [2.45, 2.75) is 32.8 Å². The van der Waals surface area contributed by atoms with Gasteiger partial charge in [0.1, 0.15) is 0 Å². The molecule has 0 unspecified atom stereocenters. The largest absolute Gasteiger partial charge is 0.472 e. The van der Waals surface area contributed by atoms with Gasteiger partial charge in [0.25, 0.3) is 0 Å². The van der Waals surface area contributed by atoms with Crippen LogP contribution in [0, 0.1) is 5.92 Å². The van der Waals surface area contributed by atoms with Crippen molar-refractivity contribution >= 4 is 29.1 Å². The molecule has 3 amide bonds. The number of hydrogen-bond acceptors (Lipinski definition) is 5. The highest BCUT2D eigenvalue weighted by atomic mass is 16.3. The van der Waals surface area contributed by atoms with Crippen molar-refractivity contribution in [3.05, 3.63) is 47.9 Å². The van der Waals surface area contributed by atoms with Crippen LogP contribution in [0.4, 0.5) is 11.4 Å². The Labute approximate surface area is 168 Å². The van der Waals surface area contributed by atoms with E-state index in [9.17, 15) is 19.5 Å². The van der Waals surface area contributed by atoms with Crippen LogP contribution in [-0.2, 0) is 20.8 Å². The standard InChI is InChI=1S/C21H25N3O5/c1-13(2)21(28)24-8-3-4-14-5-6-16(10-17(14)24)23-20(27)19(26)22-11-18(25)15-7-9-29-12-15/h5-7,9-10,12-13,18,25H,3-4,8,11H2,1-2H3,(H,22,26)(H,23,27)/t18-/m1/s1. The molecule has 0 spiro atoms. The van der Waals surface area contributed by atoms with Gasteiger partial charge < -0.3 is 25.1 Å². The predicted octanol–water partition coefficient (Wildman–Crippen LogP) is 2.00. The minimum Gasteiger partial charge on any atom is -0.472 e. The topological polar surface area (TPSA) is 112 Å². The van der Waals surface area contributed by atoms with Crippen molar-refractivity contribution < 1.29 is 23.9 Å². The van der Waals surface area contributed by atoms with Crippen LogP contribution in [0.15, 0.2) is 41.2 Å². The number of carbonyl (C=O) groups excluding carboxylic acids is 3. The zero-order valence-electron chi connectivity index (χ0n) is 16.5. The van der Waals surface area contributed by atoms with Gasteiger partial charge in [-0.05, 0) is 36.6 Å². The Bertz CT molecular complexity index is 892. The lowest BCUT2D eigenvalue weighted by molar-refractivity contribution is -0.136. The van der Waals surface area contributed by atoms with E-state index in [0.29, 0.717) is 17.8 Å². The lowest BCUT2D eigenvalue weighted by Gasteiger charge is -2.31. The van der Waals surface area contributed by atoms with Gasteiger partial charge in [0.15, 0.2) is 0 Å². The first-order valence-corrected chi connectivity index (χ1v) is 9.60. The first kappa shape index (κ1) is 20.6. The van der Waals surface area contributed by atoms with Crippen LogP contribution in [0.3, 0.4) is 0 Å². The van der Waals surface area contributed by atoms with Crippen molar-refractivity contribution in [1.29, 1.82) is 0 Å². The number of carbonyl (C=O) groups is 3. The molecule has 8 nitrogen and oxygen atoms in total. The second kappa shape index (κ2) is 8.91. The fourth-order valence-corrected chi connectivity index (χ4v) is 3.23. The summed E-state index contributed by atoms with van der Waals surface area (Å²) in [5.41, 5.74) is 2.75. The second-order valence-corrected chi connectivity index (χ2v) is 7.33. The summed E-state index contributed by atoms with van der Waals surface area (Å²) in [4.78, 5) is 38.5. The van der Waals surface area contributed by atoms with Gasteiger partial charge in [-0.2, -0.15) is 0 Å². The summed E-state index contributed by atoms with van der Waals surface area (Å²) in [6.07, 6.45) is 3.56. The highest BCUT2D eigenvalue weighted by molar-refractivity contribution is 6.39. The van der Waals surface area contributed by atoms with Crippen molar-refractivity contribution in [3.8, 4) is 0 Å². The van der Waals surface area contributed by atoms with E-state index >= 15 is 0 Å². The summed E-state index contributed by atoms with van der Waals surface area (Å²) in [5, 5.41) is 14.9. The number of nitrogens with one attached hydrogen (secondary N) is 2. The molecule has 0 aliphatic carbocycles. The molecule has 2 aromatic rings. The zero-order valence-corrected chi connectivity index (χ0v) is 16.5. The molecule has 0 radical (unpaired) electrons. The molecule has 1 aliphatic heterocycles. The van der Waals surface area contributed by atoms with Crippen LogP contribution in [0.25, 0.3) is 0 Å². The lowest BCUT2D eigenvalue weighted by Crippen LogP contribution is -2.39. The Morgan fingerprint density at radius 3 is 2.69 bits per heavy atom. The normalized spacial score (nSPS) is 14.3. The van der Waals surface area contributed by atoms with E-state index in [0.717, 1.165) is 24.1 Å². The third-order valence-electron chi connectivity index (χ3n) is 4.81. The Morgan fingerprint density at radius 2 is 2.00 bits per heavy atom. The molecule has 154 valence electrons. The van der Waals surface area contributed by atoms with Gasteiger partial charge in [0.2, 0.25) is 5.91 Å². The number of benzene rings is 1. The molecular weight excluding hydrogens is 374 g/mol. The van der Waals surface area contributed by atoms with Crippen LogP contribution in [-0.4, -0.2) is 35.9 Å². The Morgan fingerprint density at radius 1 is 1.21 bits per heavy atom. The van der Waals surface area contributed by atoms with Crippen LogP contribution in [0.5, 0.6) is 0 Å². The van der Waals surface area contributed by atoms with E-state index in [1.807, 2.05) is 19.9 Å². The molecule has 0 saturated carbocycles. The summed E-state index contributed by atoms with van der Waals surface area (Å²) in [6, 6.07) is 6.88. The van der Waals surface area contributed by atoms with E-state index in [2.05, 4.69) is 10.6 Å². The second-order valence-electron chi connectivity index (χ2n) is 7.33. The molecule has 1 aromatic heterocycles. The highest BCUT2D eigenvalue weighted by Crippen LogP contribution is 2.31. The van der Waals surface area contributed by atoms with Crippen molar-refractivity contribution in [2.75, 3.05) is 23.3 Å². The van der Waals surface area contributed by atoms with Gasteiger partial charge in [0, 0.05) is 35.9 Å². The van der Waals surface area contributed by atoms with Crippen LogP contribution in [0.2, 0.25) is 0 Å². The number of aryl methyl sites for hydroxylation is 1. The molecule has 3 rings (SSSR count). The maximum atomic E-state index is 12.5. The first-order valence-electron chi connectivity index (χ1n) is 9.60. The fourth-order valence-electron chi connectivity index (χ4n) is 3.23. The number of furan rings is 1. The summed E-state index contributed by atoms with van der Waals surface area (Å²) in [7, 11) is 0. The average molecular weight is 399 g/mol. The number of fused-ring (bicyclic) bond motifs is 1. The van der Waals surface area contributed by atoms with Crippen LogP contribution in [0.1, 0.15) is 37.5 Å². The van der Waals surface area contributed by atoms with Gasteiger partial charge in [-0.1, -0.05) is 19.9 Å². The molecule has 3 N–H and O–H groups in total. The number of aliphatic hydroxyl groups excluding tert-OH is 1. The molecule has 1 atom stereocenters. The lowest BCUT2D eigenvalue weighted by atomic mass is 9.99. The molecular formula is C21H25N3O5. The molecule has 0 bridgehead atoms. The minimum atomic E-state index is -0.968. The van der Waals surface area contributed by atoms with E-state index in [4.69, 9.17) is 4.42 Å². The van der Waals surface area contributed by atoms with Crippen LogP contribution < -0.4 is 15.5 Å². The molecule has 2 heterocycles. The maximum absolute atomic E-state index is 12.5. The smallest absolute Gasteiger partial charge is 0.313 e. The van der Waals surface area contributed by atoms with Crippen molar-refractivity contribution in [3.63, 3.8) is 0 Å². The van der Waals surface area contributed by atoms with Gasteiger partial charge >= 0.3 is 11.8 Å². The molecule has 0 fully saturated rings. The van der Waals surface area contributed by atoms with Gasteiger partial charge in [-0.3, -0.25) is 14.4 Å². The minimum absolute atomic E-state index is 0.0282. The van der Waals surface area contributed by atoms with Crippen LogP contribution >= 0.6 is 0 Å². The number of hydrogen-bond donors (Lipinski definition) is 3. The van der Waals surface area contributed by atoms with Crippen molar-refractivity contribution in [2.24, 2.45) is 5.92 Å². The van der Waals surface area contributed by atoms with Crippen molar-refractivity contribution in [1.82, 2.24) is 5.32 Å². The van der Waals surface area contributed by atoms with Gasteiger partial charge in [0.05, 0.1) is 18.6 Å². The number of anilines is 2. The quantitative estimate of drug-likeness (QED) is 0.666. The number of aliphatic hydroxyl groups is 1. The fraction of sp³-hybridized carbons (Fsp3) is 0.381. The third kappa shape index (κ3) is 4.83. The molecule has 29 heavy (non-hydrogen) atoms. The zero-order chi connectivity index (χ0) is 21.0. The average Bonchev–Trinajstić information content (AvgIpc) is 3.25. The van der Waals surface area contributed by atoms with E-state index < -0.39 is 17.9 Å². The van der Waals surface area contributed by atoms with Gasteiger partial charge in [-0.15, -0.1) is 0 Å². The Hall–Kier alpha value is -3.13. The summed E-state index contributed by atoms with van der Waals surface area (Å²) in [5.74, 6) is -1.81. The van der Waals surface area contributed by atoms with Gasteiger partial charge in [-0.25, -0.2) is 0 Å². The maximum Gasteiger partial charge on any atom is 0.313 e. The summed E-state index contributed by atoms with van der Waals surface area (Å²) >= 11 is 0. The number of amides is 3. The first-order chi connectivity index (χ1) is 13.9. The summed E-state index contributed by atoms with van der Waals surface area (Å²) in [6.45, 7) is 4.22. The molecule has 8 heteroatoms. The van der Waals surface area contributed by atoms with E-state index in [-0.39, 0.29) is 18.4 Å². The highest BCUT2D eigenvalue weighted by Gasteiger charge is 2.25. The third-order valence-corrected chi connectivity index (χ3v) is 4.81. The van der Waals surface area contributed by atoms with E-state index in [1.54, 1.807) is 23.1 Å². The molecule has 1 aromatic carbocycles. The molecule has 1 aliphatic rings. The monoisotopic (exact) mass is 399 g/mol. The molecule has 0 saturated heterocycles.